The molecule has 7 N–H and O–H groups in total. The zero-order valence-corrected chi connectivity index (χ0v) is 25.2. The average Bonchev–Trinajstić information content (AvgIpc) is 3.75. The molecule has 23 nitrogen and oxygen atoms in total. The number of nitrogen functional groups attached to an aromatic ring is 1. The molecule has 2 aromatic rings. The Bertz CT molecular complexity index is 1740. The number of phosphoric acid groups is 2. The maximum absolute atomic E-state index is 13.4. The second kappa shape index (κ2) is 11.4. The lowest BCUT2D eigenvalue weighted by molar-refractivity contribution is -0.119. The fourth-order valence-corrected chi connectivity index (χ4v) is 7.56. The summed E-state index contributed by atoms with van der Waals surface area (Å²) in [6.45, 7) is -1.48. The molecule has 3 unspecified atom stereocenters. The van der Waals surface area contributed by atoms with Crippen LogP contribution in [-0.4, -0.2) is 133 Å². The number of amides is 1. The average molecular weight is 688 g/mol. The van der Waals surface area contributed by atoms with Crippen molar-refractivity contribution in [1.82, 2.24) is 29.7 Å². The smallest absolute Gasteiger partial charge is 0.386 e. The second-order valence-corrected chi connectivity index (χ2v) is 13.3. The Labute approximate surface area is 257 Å². The normalized spacial score (nSPS) is 41.3. The molecule has 0 spiro atoms. The van der Waals surface area contributed by atoms with Crippen LogP contribution in [0.15, 0.2) is 22.6 Å². The van der Waals surface area contributed by atoms with Gasteiger partial charge in [-0.1, -0.05) is 0 Å². The van der Waals surface area contributed by atoms with Crippen LogP contribution in [0.3, 0.4) is 0 Å². The summed E-state index contributed by atoms with van der Waals surface area (Å²) < 4.78 is 66.5. The number of methoxy groups -OCH3 is 1. The summed E-state index contributed by atoms with van der Waals surface area (Å²) in [4.78, 5) is 55.2. The maximum Gasteiger partial charge on any atom is 0.472 e. The van der Waals surface area contributed by atoms with Crippen LogP contribution >= 0.6 is 15.6 Å². The minimum atomic E-state index is -5.05. The number of phosphoric ester groups is 2. The number of aromatic nitrogens is 4. The number of fused-ring (bicyclic) bond motifs is 5. The van der Waals surface area contributed by atoms with Crippen LogP contribution in [0.25, 0.3) is 11.2 Å². The van der Waals surface area contributed by atoms with Crippen LogP contribution in [0.4, 0.5) is 5.82 Å². The number of aliphatic hydroxyl groups excluding tert-OH is 1. The zero-order chi connectivity index (χ0) is 32.5. The molecule has 46 heavy (non-hydrogen) atoms. The SMILES string of the molecule is CO[C@H]1[C@H]2OP(=O)(O)OC[C@H]3O[C@@H](n4cnc5c(N)ncnc54)[C@H](O)[C@@H]3OP(=O)(O)OC[C@H]1O[C@H]2N1C=NC2C(=O)NC(=N)N=C21. The predicted molar refractivity (Wildman–Crippen MR) is 148 cm³/mol. The van der Waals surface area contributed by atoms with Gasteiger partial charge in [0, 0.05) is 7.11 Å². The number of nitrogens with two attached hydrogens (primary N) is 1. The lowest BCUT2D eigenvalue weighted by atomic mass is 10.1. The van der Waals surface area contributed by atoms with Gasteiger partial charge in [0.2, 0.25) is 5.96 Å². The summed E-state index contributed by atoms with van der Waals surface area (Å²) in [6.07, 6.45) is -7.89. The molecule has 25 heteroatoms. The van der Waals surface area contributed by atoms with Gasteiger partial charge in [-0.25, -0.2) is 24.1 Å². The van der Waals surface area contributed by atoms with Gasteiger partial charge in [0.05, 0.1) is 25.9 Å². The number of nitrogens with one attached hydrogen (secondary N) is 2. The van der Waals surface area contributed by atoms with Crippen LogP contribution < -0.4 is 11.1 Å². The molecule has 0 saturated carbocycles. The molecule has 3 saturated heterocycles. The maximum atomic E-state index is 13.4. The highest BCUT2D eigenvalue weighted by Crippen LogP contribution is 2.53. The molecule has 1 amide bonds. The highest BCUT2D eigenvalue weighted by atomic mass is 31.2. The predicted octanol–water partition coefficient (Wildman–Crippen LogP) is -2.40. The fourth-order valence-electron chi connectivity index (χ4n) is 5.67. The molecular weight excluding hydrogens is 662 g/mol. The van der Waals surface area contributed by atoms with Crippen molar-refractivity contribution in [2.24, 2.45) is 9.98 Å². The van der Waals surface area contributed by atoms with Gasteiger partial charge in [0.1, 0.15) is 48.5 Å². The van der Waals surface area contributed by atoms with Crippen molar-refractivity contribution in [3.63, 3.8) is 0 Å². The molecule has 3 fully saturated rings. The Morgan fingerprint density at radius 1 is 1.07 bits per heavy atom. The topological polar surface area (TPSA) is 310 Å². The number of carbonyl (C=O) groups is 1. The largest absolute Gasteiger partial charge is 0.472 e. The zero-order valence-electron chi connectivity index (χ0n) is 23.4. The van der Waals surface area contributed by atoms with E-state index in [1.807, 2.05) is 0 Å². The van der Waals surface area contributed by atoms with Gasteiger partial charge in [0.15, 0.2) is 35.8 Å². The van der Waals surface area contributed by atoms with E-state index >= 15 is 0 Å². The fraction of sp³-hybridized carbons (Fsp3) is 0.571. The summed E-state index contributed by atoms with van der Waals surface area (Å²) in [5.74, 6) is -1.12. The van der Waals surface area contributed by atoms with Gasteiger partial charge >= 0.3 is 15.6 Å². The van der Waals surface area contributed by atoms with E-state index in [2.05, 4.69) is 30.3 Å². The molecule has 5 aliphatic rings. The van der Waals surface area contributed by atoms with Crippen molar-refractivity contribution in [1.29, 1.82) is 5.41 Å². The molecule has 2 bridgehead atoms. The van der Waals surface area contributed by atoms with E-state index < -0.39 is 95.8 Å². The Morgan fingerprint density at radius 3 is 2.50 bits per heavy atom. The number of hydrogen-bond donors (Lipinski definition) is 6. The Morgan fingerprint density at radius 2 is 1.76 bits per heavy atom. The summed E-state index contributed by atoms with van der Waals surface area (Å²) >= 11 is 0. The van der Waals surface area contributed by atoms with Crippen molar-refractivity contribution >= 4 is 56.7 Å². The van der Waals surface area contributed by atoms with Crippen LogP contribution in [0.1, 0.15) is 6.23 Å². The molecule has 248 valence electrons. The van der Waals surface area contributed by atoms with Crippen molar-refractivity contribution in [3.05, 3.63) is 12.7 Å². The van der Waals surface area contributed by atoms with Gasteiger partial charge in [-0.15, -0.1) is 0 Å². The first-order chi connectivity index (χ1) is 21.9. The molecule has 11 atom stereocenters. The standard InChI is InChI=1S/C21H26N10O13P2/c1-38-13-8-3-40-45(34,35)43-12-7(41-19(11(12)32)30-5-26-9-15(22)24-4-25-16(9)30)2-39-46(36,37)44-14(13)20(42-8)31-6-27-10-17(31)28-21(23)29-18(10)33/h4-8,10-14,19-20,32H,2-3H2,1H3,(H,34,35)(H,36,37)(H2,22,24,25)(H2,23,29,33)/t7-,8-,10?,11-,12-,13-,14-,19-,20-/m1/s1. The number of rotatable bonds is 3. The van der Waals surface area contributed by atoms with Gasteiger partial charge in [-0.3, -0.25) is 48.1 Å². The number of aliphatic hydroxyl groups is 1. The summed E-state index contributed by atoms with van der Waals surface area (Å²) in [7, 11) is -8.85. The first kappa shape index (κ1) is 31.3. The summed E-state index contributed by atoms with van der Waals surface area (Å²) in [5, 5.41) is 21.2. The Balaban J connectivity index is 1.19. The van der Waals surface area contributed by atoms with E-state index in [4.69, 9.17) is 43.4 Å². The number of amidine groups is 1. The highest BCUT2D eigenvalue weighted by Gasteiger charge is 2.56. The molecule has 2 aromatic heterocycles. The van der Waals surface area contributed by atoms with Gasteiger partial charge in [-0.2, -0.15) is 4.99 Å². The molecule has 7 heterocycles. The number of nitrogens with zero attached hydrogens (tertiary/aromatic N) is 7. The first-order valence-electron chi connectivity index (χ1n) is 13.4. The van der Waals surface area contributed by atoms with Crippen LogP contribution in [-0.2, 0) is 46.2 Å². The van der Waals surface area contributed by atoms with Crippen LogP contribution in [0.5, 0.6) is 0 Å². The third-order valence-electron chi connectivity index (χ3n) is 7.68. The third-order valence-corrected chi connectivity index (χ3v) is 9.65. The van der Waals surface area contributed by atoms with E-state index in [0.717, 1.165) is 6.33 Å². The summed E-state index contributed by atoms with van der Waals surface area (Å²) in [6, 6.07) is -1.14. The van der Waals surface area contributed by atoms with Crippen molar-refractivity contribution in [2.75, 3.05) is 26.1 Å². The molecule has 0 aliphatic carbocycles. The number of aliphatic imine (C=N–C) groups is 2. The number of imidazole rings is 1. The Kier molecular flexibility index (Phi) is 7.78. The van der Waals surface area contributed by atoms with Crippen molar-refractivity contribution in [2.45, 2.75) is 55.1 Å². The number of carbonyl (C=O) groups excluding carboxylic acids is 1. The highest BCUT2D eigenvalue weighted by molar-refractivity contribution is 7.47. The van der Waals surface area contributed by atoms with E-state index in [0.29, 0.717) is 0 Å². The lowest BCUT2D eigenvalue weighted by Crippen LogP contribution is -2.53. The van der Waals surface area contributed by atoms with Gasteiger partial charge in [-0.05, 0) is 0 Å². The third kappa shape index (κ3) is 5.43. The van der Waals surface area contributed by atoms with Gasteiger partial charge in [0.25, 0.3) is 5.91 Å². The van der Waals surface area contributed by atoms with E-state index in [1.54, 1.807) is 0 Å². The quantitative estimate of drug-likeness (QED) is 0.183. The molecule has 5 aliphatic heterocycles. The molecular formula is C21H26N10O13P2. The number of anilines is 1. The monoisotopic (exact) mass is 688 g/mol. The Hall–Kier alpha value is -3.31. The molecule has 7 rings (SSSR count). The second-order valence-electron chi connectivity index (χ2n) is 10.5. The lowest BCUT2D eigenvalue weighted by Gasteiger charge is -2.31. The van der Waals surface area contributed by atoms with Crippen molar-refractivity contribution in [3.8, 4) is 0 Å². The van der Waals surface area contributed by atoms with Gasteiger partial charge < -0.3 is 34.8 Å². The summed E-state index contributed by atoms with van der Waals surface area (Å²) in [5.41, 5.74) is 6.19. The number of ether oxygens (including phenoxy) is 3. The van der Waals surface area contributed by atoms with E-state index in [-0.39, 0.29) is 22.8 Å². The first-order valence-corrected chi connectivity index (χ1v) is 16.4. The van der Waals surface area contributed by atoms with E-state index in [1.165, 1.54) is 29.2 Å². The molecule has 0 aromatic carbocycles. The minimum absolute atomic E-state index is 0.0438. The van der Waals surface area contributed by atoms with Crippen LogP contribution in [0.2, 0.25) is 0 Å². The van der Waals surface area contributed by atoms with Crippen LogP contribution in [0, 0.1) is 5.41 Å². The molecule has 0 radical (unpaired) electrons. The minimum Gasteiger partial charge on any atom is -0.386 e. The van der Waals surface area contributed by atoms with E-state index in [9.17, 15) is 28.8 Å². The van der Waals surface area contributed by atoms with Crippen molar-refractivity contribution < 1.29 is 61.1 Å². The number of hydrogen-bond acceptors (Lipinski definition) is 18. The number of guanidine groups is 1.